The summed E-state index contributed by atoms with van der Waals surface area (Å²) in [6, 6.07) is 5.14. The highest BCUT2D eigenvalue weighted by Gasteiger charge is 2.18. The summed E-state index contributed by atoms with van der Waals surface area (Å²) in [4.78, 5) is 0. The zero-order valence-corrected chi connectivity index (χ0v) is 11.6. The Morgan fingerprint density at radius 2 is 1.59 bits per heavy atom. The number of benzene rings is 1. The third kappa shape index (κ3) is 2.65. The van der Waals surface area contributed by atoms with Crippen LogP contribution in [0.5, 0.6) is 0 Å². The van der Waals surface area contributed by atoms with Crippen LogP contribution in [0.2, 0.25) is 0 Å². The lowest BCUT2D eigenvalue weighted by atomic mass is 9.83. The molecule has 1 aromatic carbocycles. The molecule has 0 saturated carbocycles. The second kappa shape index (κ2) is 5.12. The van der Waals surface area contributed by atoms with Gasteiger partial charge in [0.2, 0.25) is 0 Å². The summed E-state index contributed by atoms with van der Waals surface area (Å²) < 4.78 is 0. The highest BCUT2D eigenvalue weighted by Crippen LogP contribution is 2.34. The first kappa shape index (κ1) is 12.5. The molecular formula is C16H25N. The van der Waals surface area contributed by atoms with Crippen molar-refractivity contribution in [2.45, 2.75) is 65.3 Å². The van der Waals surface area contributed by atoms with Gasteiger partial charge in [-0.2, -0.15) is 0 Å². The van der Waals surface area contributed by atoms with Crippen molar-refractivity contribution in [3.63, 3.8) is 0 Å². The molecule has 2 rings (SSSR count). The number of fused-ring (bicyclic) bond motifs is 1. The van der Waals surface area contributed by atoms with Crippen LogP contribution in [0.4, 0.5) is 5.69 Å². The molecule has 0 aliphatic heterocycles. The van der Waals surface area contributed by atoms with Gasteiger partial charge in [-0.25, -0.2) is 0 Å². The van der Waals surface area contributed by atoms with Gasteiger partial charge in [0.1, 0.15) is 0 Å². The van der Waals surface area contributed by atoms with Crippen LogP contribution in [-0.2, 0) is 12.8 Å². The zero-order valence-electron chi connectivity index (χ0n) is 11.6. The van der Waals surface area contributed by atoms with Crippen LogP contribution in [0.15, 0.2) is 12.1 Å². The van der Waals surface area contributed by atoms with Crippen molar-refractivity contribution in [2.24, 2.45) is 0 Å². The van der Waals surface area contributed by atoms with E-state index in [2.05, 4.69) is 45.1 Å². The Morgan fingerprint density at radius 3 is 2.18 bits per heavy atom. The standard InChI is InChI=1S/C16H25N/c1-11(2)13-9-10-16(17-12(3)4)15-8-6-5-7-14(13)15/h9-12,17H,5-8H2,1-4H3. The van der Waals surface area contributed by atoms with Crippen molar-refractivity contribution in [1.82, 2.24) is 0 Å². The SMILES string of the molecule is CC(C)Nc1ccc(C(C)C)c2c1CCCC2. The normalized spacial score (nSPS) is 15.2. The van der Waals surface area contributed by atoms with E-state index in [-0.39, 0.29) is 0 Å². The summed E-state index contributed by atoms with van der Waals surface area (Å²) >= 11 is 0. The lowest BCUT2D eigenvalue weighted by Crippen LogP contribution is -2.15. The molecule has 0 heterocycles. The van der Waals surface area contributed by atoms with Gasteiger partial charge in [0.15, 0.2) is 0 Å². The minimum Gasteiger partial charge on any atom is -0.383 e. The second-order valence-corrected chi connectivity index (χ2v) is 5.82. The largest absolute Gasteiger partial charge is 0.383 e. The van der Waals surface area contributed by atoms with Gasteiger partial charge in [0.05, 0.1) is 0 Å². The molecule has 0 aromatic heterocycles. The van der Waals surface area contributed by atoms with Crippen molar-refractivity contribution in [2.75, 3.05) is 5.32 Å². The third-order valence-corrected chi connectivity index (χ3v) is 3.64. The molecule has 0 unspecified atom stereocenters. The molecular weight excluding hydrogens is 206 g/mol. The summed E-state index contributed by atoms with van der Waals surface area (Å²) in [6.07, 6.45) is 5.24. The van der Waals surface area contributed by atoms with E-state index >= 15 is 0 Å². The van der Waals surface area contributed by atoms with E-state index in [1.807, 2.05) is 0 Å². The van der Waals surface area contributed by atoms with Gasteiger partial charge in [-0.1, -0.05) is 19.9 Å². The van der Waals surface area contributed by atoms with Crippen LogP contribution in [0.1, 0.15) is 63.1 Å². The Balaban J connectivity index is 2.43. The first-order valence-electron chi connectivity index (χ1n) is 7.00. The topological polar surface area (TPSA) is 12.0 Å². The molecule has 1 aliphatic rings. The van der Waals surface area contributed by atoms with Crippen LogP contribution in [0.3, 0.4) is 0 Å². The van der Waals surface area contributed by atoms with Gasteiger partial charge < -0.3 is 5.32 Å². The molecule has 1 aliphatic carbocycles. The second-order valence-electron chi connectivity index (χ2n) is 5.82. The molecule has 94 valence electrons. The van der Waals surface area contributed by atoms with Gasteiger partial charge in [-0.05, 0) is 68.2 Å². The van der Waals surface area contributed by atoms with Crippen LogP contribution in [0, 0.1) is 0 Å². The summed E-state index contributed by atoms with van der Waals surface area (Å²) in [5.41, 5.74) is 6.17. The molecule has 0 bridgehead atoms. The number of hydrogen-bond acceptors (Lipinski definition) is 1. The minimum absolute atomic E-state index is 0.519. The molecule has 0 saturated heterocycles. The minimum atomic E-state index is 0.519. The fourth-order valence-corrected chi connectivity index (χ4v) is 2.88. The summed E-state index contributed by atoms with van der Waals surface area (Å²) in [5.74, 6) is 0.648. The molecule has 1 aromatic rings. The van der Waals surface area contributed by atoms with E-state index in [9.17, 15) is 0 Å². The Kier molecular flexibility index (Phi) is 3.76. The van der Waals surface area contributed by atoms with E-state index in [0.29, 0.717) is 12.0 Å². The van der Waals surface area contributed by atoms with Crippen molar-refractivity contribution < 1.29 is 0 Å². The molecule has 0 spiro atoms. The average molecular weight is 231 g/mol. The summed E-state index contributed by atoms with van der Waals surface area (Å²) in [7, 11) is 0. The molecule has 0 amide bonds. The molecule has 1 N–H and O–H groups in total. The van der Waals surface area contributed by atoms with Crippen LogP contribution in [0.25, 0.3) is 0 Å². The fourth-order valence-electron chi connectivity index (χ4n) is 2.88. The Labute approximate surface area is 106 Å². The lowest BCUT2D eigenvalue weighted by molar-refractivity contribution is 0.670. The fraction of sp³-hybridized carbons (Fsp3) is 0.625. The van der Waals surface area contributed by atoms with E-state index in [1.54, 1.807) is 16.7 Å². The first-order valence-corrected chi connectivity index (χ1v) is 7.00. The number of anilines is 1. The molecule has 0 atom stereocenters. The smallest absolute Gasteiger partial charge is 0.0377 e. The monoisotopic (exact) mass is 231 g/mol. The van der Waals surface area contributed by atoms with Crippen LogP contribution in [-0.4, -0.2) is 6.04 Å². The van der Waals surface area contributed by atoms with Gasteiger partial charge in [0, 0.05) is 11.7 Å². The van der Waals surface area contributed by atoms with Crippen LogP contribution < -0.4 is 5.32 Å². The van der Waals surface area contributed by atoms with Crippen molar-refractivity contribution in [3.8, 4) is 0 Å². The molecule has 1 heteroatoms. The number of rotatable bonds is 3. The van der Waals surface area contributed by atoms with Crippen molar-refractivity contribution in [1.29, 1.82) is 0 Å². The number of hydrogen-bond donors (Lipinski definition) is 1. The van der Waals surface area contributed by atoms with E-state index < -0.39 is 0 Å². The maximum Gasteiger partial charge on any atom is 0.0377 e. The quantitative estimate of drug-likeness (QED) is 0.807. The predicted octanol–water partition coefficient (Wildman–Crippen LogP) is 4.51. The van der Waals surface area contributed by atoms with Crippen molar-refractivity contribution >= 4 is 5.69 Å². The molecule has 0 radical (unpaired) electrons. The van der Waals surface area contributed by atoms with E-state index in [0.717, 1.165) is 0 Å². The Hall–Kier alpha value is -0.980. The Bertz CT molecular complexity index is 391. The maximum atomic E-state index is 3.60. The predicted molar refractivity (Wildman–Crippen MR) is 75.9 cm³/mol. The van der Waals surface area contributed by atoms with E-state index in [1.165, 1.54) is 31.4 Å². The number of nitrogens with one attached hydrogen (secondary N) is 1. The Morgan fingerprint density at radius 1 is 0.941 bits per heavy atom. The molecule has 0 fully saturated rings. The average Bonchev–Trinajstić information content (AvgIpc) is 2.28. The van der Waals surface area contributed by atoms with Gasteiger partial charge in [0.25, 0.3) is 0 Å². The van der Waals surface area contributed by atoms with Gasteiger partial charge in [-0.3, -0.25) is 0 Å². The zero-order chi connectivity index (χ0) is 12.4. The van der Waals surface area contributed by atoms with Gasteiger partial charge in [-0.15, -0.1) is 0 Å². The summed E-state index contributed by atoms with van der Waals surface area (Å²) in [5, 5.41) is 3.60. The lowest BCUT2D eigenvalue weighted by Gasteiger charge is -2.25. The first-order chi connectivity index (χ1) is 8.09. The third-order valence-electron chi connectivity index (χ3n) is 3.64. The summed E-state index contributed by atoms with van der Waals surface area (Å²) in [6.45, 7) is 9.04. The van der Waals surface area contributed by atoms with Crippen molar-refractivity contribution in [3.05, 3.63) is 28.8 Å². The highest BCUT2D eigenvalue weighted by atomic mass is 14.9. The molecule has 17 heavy (non-hydrogen) atoms. The maximum absolute atomic E-state index is 3.60. The molecule has 1 nitrogen and oxygen atoms in total. The highest BCUT2D eigenvalue weighted by molar-refractivity contribution is 5.59. The van der Waals surface area contributed by atoms with Crippen LogP contribution >= 0.6 is 0 Å². The van der Waals surface area contributed by atoms with Gasteiger partial charge >= 0.3 is 0 Å². The van der Waals surface area contributed by atoms with E-state index in [4.69, 9.17) is 0 Å².